The van der Waals surface area contributed by atoms with E-state index < -0.39 is 23.5 Å². The average molecular weight is 486 g/mol. The molecule has 2 bridgehead atoms. The molecule has 1 aromatic heterocycles. The minimum atomic E-state index is -4.51. The molecule has 0 amide bonds. The lowest BCUT2D eigenvalue weighted by Gasteiger charge is -2.39. The minimum absolute atomic E-state index is 0.00277. The molecular weight excluding hydrogens is 462 g/mol. The van der Waals surface area contributed by atoms with Gasteiger partial charge in [0.15, 0.2) is 11.5 Å². The van der Waals surface area contributed by atoms with Gasteiger partial charge in [-0.25, -0.2) is 4.98 Å². The standard InChI is InChI=1S/C24H24F6N2O2/c1-14(2)13-33-21-9-15(23(25,26)27)3-7-20(21)34-19-10-17-5-6-18(11-19)32(17)22-8-4-16(12-31-22)24(28,29)30/h3-4,7-9,12,17-19H,1,5-6,10-11,13H2,2H3/t17-,18?,19?/m0/s1. The van der Waals surface area contributed by atoms with Crippen molar-refractivity contribution < 1.29 is 35.8 Å². The van der Waals surface area contributed by atoms with Crippen LogP contribution in [0.15, 0.2) is 48.7 Å². The Morgan fingerprint density at radius 3 is 2.12 bits per heavy atom. The van der Waals surface area contributed by atoms with Crippen molar-refractivity contribution in [3.63, 3.8) is 0 Å². The van der Waals surface area contributed by atoms with Crippen LogP contribution in [0.1, 0.15) is 43.7 Å². The molecule has 4 rings (SSSR count). The molecule has 2 fully saturated rings. The van der Waals surface area contributed by atoms with E-state index in [4.69, 9.17) is 9.47 Å². The summed E-state index contributed by atoms with van der Waals surface area (Å²) in [6.45, 7) is 5.47. The van der Waals surface area contributed by atoms with E-state index in [1.165, 1.54) is 12.1 Å². The number of ether oxygens (including phenoxy) is 2. The van der Waals surface area contributed by atoms with Crippen molar-refractivity contribution in [2.45, 2.75) is 63.1 Å². The Hall–Kier alpha value is -2.91. The van der Waals surface area contributed by atoms with Crippen molar-refractivity contribution in [3.8, 4) is 11.5 Å². The fraction of sp³-hybridized carbons (Fsp3) is 0.458. The zero-order chi connectivity index (χ0) is 24.7. The number of rotatable bonds is 6. The van der Waals surface area contributed by atoms with Gasteiger partial charge in [-0.15, -0.1) is 0 Å². The lowest BCUT2D eigenvalue weighted by Crippen LogP contribution is -2.46. The number of hydrogen-bond donors (Lipinski definition) is 0. The van der Waals surface area contributed by atoms with E-state index in [0.29, 0.717) is 24.2 Å². The van der Waals surface area contributed by atoms with Gasteiger partial charge in [0.2, 0.25) is 0 Å². The number of pyridine rings is 1. The fourth-order valence-electron chi connectivity index (χ4n) is 4.58. The number of piperidine rings is 1. The van der Waals surface area contributed by atoms with Crippen LogP contribution in [0.3, 0.4) is 0 Å². The van der Waals surface area contributed by atoms with E-state index in [9.17, 15) is 26.3 Å². The molecule has 2 aliphatic heterocycles. The van der Waals surface area contributed by atoms with Gasteiger partial charge in [-0.2, -0.15) is 26.3 Å². The van der Waals surface area contributed by atoms with E-state index in [0.717, 1.165) is 37.2 Å². The Morgan fingerprint density at radius 1 is 0.971 bits per heavy atom. The van der Waals surface area contributed by atoms with Gasteiger partial charge in [-0.1, -0.05) is 6.58 Å². The largest absolute Gasteiger partial charge is 0.486 e. The summed E-state index contributed by atoms with van der Waals surface area (Å²) in [4.78, 5) is 6.07. The van der Waals surface area contributed by atoms with Crippen molar-refractivity contribution >= 4 is 5.82 Å². The lowest BCUT2D eigenvalue weighted by molar-refractivity contribution is -0.138. The summed E-state index contributed by atoms with van der Waals surface area (Å²) in [6, 6.07) is 5.59. The normalized spacial score (nSPS) is 22.6. The van der Waals surface area contributed by atoms with Crippen molar-refractivity contribution in [2.24, 2.45) is 0 Å². The summed E-state index contributed by atoms with van der Waals surface area (Å²) >= 11 is 0. The quantitative estimate of drug-likeness (QED) is 0.338. The first kappa shape index (κ1) is 24.2. The van der Waals surface area contributed by atoms with Crippen LogP contribution in [0.2, 0.25) is 0 Å². The second-order valence-electron chi connectivity index (χ2n) is 8.81. The number of aromatic nitrogens is 1. The van der Waals surface area contributed by atoms with Gasteiger partial charge in [-0.3, -0.25) is 0 Å². The van der Waals surface area contributed by atoms with E-state index in [1.807, 2.05) is 4.90 Å². The summed E-state index contributed by atoms with van der Waals surface area (Å²) in [5, 5.41) is 0. The maximum absolute atomic E-state index is 13.2. The van der Waals surface area contributed by atoms with Crippen LogP contribution < -0.4 is 14.4 Å². The van der Waals surface area contributed by atoms with Crippen LogP contribution in [-0.4, -0.2) is 29.8 Å². The molecule has 0 spiro atoms. The molecule has 2 aliphatic rings. The zero-order valence-electron chi connectivity index (χ0n) is 18.4. The zero-order valence-corrected chi connectivity index (χ0v) is 18.4. The van der Waals surface area contributed by atoms with Gasteiger partial charge in [0, 0.05) is 31.1 Å². The summed E-state index contributed by atoms with van der Waals surface area (Å²) in [5.74, 6) is 0.704. The third-order valence-electron chi connectivity index (χ3n) is 6.07. The molecule has 0 aliphatic carbocycles. The third-order valence-corrected chi connectivity index (χ3v) is 6.07. The Kier molecular flexibility index (Phi) is 6.44. The van der Waals surface area contributed by atoms with Crippen LogP contribution in [0, 0.1) is 0 Å². The van der Waals surface area contributed by atoms with E-state index in [1.54, 1.807) is 6.92 Å². The molecule has 2 saturated heterocycles. The molecule has 3 atom stereocenters. The third kappa shape index (κ3) is 5.26. The van der Waals surface area contributed by atoms with Gasteiger partial charge < -0.3 is 14.4 Å². The number of halogens is 6. The van der Waals surface area contributed by atoms with E-state index >= 15 is 0 Å². The number of benzene rings is 1. The van der Waals surface area contributed by atoms with Crippen molar-refractivity contribution in [3.05, 3.63) is 59.8 Å². The molecule has 1 aromatic carbocycles. The predicted molar refractivity (Wildman–Crippen MR) is 114 cm³/mol. The van der Waals surface area contributed by atoms with Crippen LogP contribution in [0.25, 0.3) is 0 Å². The first-order chi connectivity index (χ1) is 15.9. The molecule has 34 heavy (non-hydrogen) atoms. The van der Waals surface area contributed by atoms with Crippen molar-refractivity contribution in [1.82, 2.24) is 4.98 Å². The van der Waals surface area contributed by atoms with Crippen LogP contribution in [0.5, 0.6) is 11.5 Å². The van der Waals surface area contributed by atoms with Crippen LogP contribution >= 0.6 is 0 Å². The molecule has 2 unspecified atom stereocenters. The molecule has 184 valence electrons. The topological polar surface area (TPSA) is 34.6 Å². The van der Waals surface area contributed by atoms with Gasteiger partial charge in [0.1, 0.15) is 18.5 Å². The van der Waals surface area contributed by atoms with Crippen LogP contribution in [0.4, 0.5) is 32.2 Å². The number of anilines is 1. The second kappa shape index (κ2) is 9.03. The van der Waals surface area contributed by atoms with Gasteiger partial charge in [0.25, 0.3) is 0 Å². The smallest absolute Gasteiger partial charge is 0.417 e. The average Bonchev–Trinajstić information content (AvgIpc) is 3.02. The minimum Gasteiger partial charge on any atom is -0.486 e. The fourth-order valence-corrected chi connectivity index (χ4v) is 4.58. The summed E-state index contributed by atoms with van der Waals surface area (Å²) < 4.78 is 89.7. The molecule has 2 aromatic rings. The van der Waals surface area contributed by atoms with Crippen molar-refractivity contribution in [2.75, 3.05) is 11.5 Å². The maximum atomic E-state index is 13.2. The Labute approximate surface area is 193 Å². The summed E-state index contributed by atoms with van der Waals surface area (Å²) in [6.07, 6.45) is -5.59. The van der Waals surface area contributed by atoms with Gasteiger partial charge in [0.05, 0.1) is 11.1 Å². The monoisotopic (exact) mass is 486 g/mol. The van der Waals surface area contributed by atoms with Gasteiger partial charge >= 0.3 is 12.4 Å². The van der Waals surface area contributed by atoms with E-state index in [-0.39, 0.29) is 36.3 Å². The predicted octanol–water partition coefficient (Wildman–Crippen LogP) is 6.65. The summed E-state index contributed by atoms with van der Waals surface area (Å²) in [5.41, 5.74) is -0.981. The Balaban J connectivity index is 1.49. The highest BCUT2D eigenvalue weighted by atomic mass is 19.4. The first-order valence-electron chi connectivity index (χ1n) is 10.9. The molecule has 10 heteroatoms. The molecule has 0 radical (unpaired) electrons. The SMILES string of the molecule is C=C(C)COc1cc(C(F)(F)F)ccc1OC1CC2CC[C@@H](C1)N2c1ccc(C(F)(F)F)cn1. The highest BCUT2D eigenvalue weighted by molar-refractivity contribution is 5.46. The first-order valence-corrected chi connectivity index (χ1v) is 10.9. The molecule has 3 heterocycles. The van der Waals surface area contributed by atoms with Crippen molar-refractivity contribution in [1.29, 1.82) is 0 Å². The number of nitrogens with zero attached hydrogens (tertiary/aromatic N) is 2. The van der Waals surface area contributed by atoms with E-state index in [2.05, 4.69) is 11.6 Å². The molecule has 0 saturated carbocycles. The van der Waals surface area contributed by atoms with Crippen LogP contribution in [-0.2, 0) is 12.4 Å². The molecule has 4 nitrogen and oxygen atoms in total. The maximum Gasteiger partial charge on any atom is 0.417 e. The number of alkyl halides is 6. The highest BCUT2D eigenvalue weighted by Gasteiger charge is 2.43. The van der Waals surface area contributed by atoms with Gasteiger partial charge in [-0.05, 0) is 55.7 Å². The summed E-state index contributed by atoms with van der Waals surface area (Å²) in [7, 11) is 0. The highest BCUT2D eigenvalue weighted by Crippen LogP contribution is 2.42. The lowest BCUT2D eigenvalue weighted by atomic mass is 9.99. The number of fused-ring (bicyclic) bond motifs is 2. The Morgan fingerprint density at radius 2 is 1.59 bits per heavy atom. The number of hydrogen-bond acceptors (Lipinski definition) is 4. The molecular formula is C24H24F6N2O2. The Bertz CT molecular complexity index is 1020. The second-order valence-corrected chi connectivity index (χ2v) is 8.81. The molecule has 0 N–H and O–H groups in total.